The maximum atomic E-state index is 12.6. The van der Waals surface area contributed by atoms with Crippen LogP contribution in [0, 0.1) is 5.92 Å². The fourth-order valence-electron chi connectivity index (χ4n) is 2.92. The fraction of sp³-hybridized carbons (Fsp3) is 0.238. The molecular weight excluding hydrogens is 338 g/mol. The summed E-state index contributed by atoms with van der Waals surface area (Å²) >= 11 is 0. The molecule has 2 aromatic rings. The minimum absolute atomic E-state index is 0. The van der Waals surface area contributed by atoms with Gasteiger partial charge in [0.15, 0.2) is 0 Å². The summed E-state index contributed by atoms with van der Waals surface area (Å²) in [5.74, 6) is 1.07. The molecule has 27 heavy (non-hydrogen) atoms. The Hall–Kier alpha value is -3.28. The van der Waals surface area contributed by atoms with E-state index in [1.54, 1.807) is 12.1 Å². The molecule has 0 radical (unpaired) electrons. The Balaban J connectivity index is 0.00000210. The highest BCUT2D eigenvalue weighted by Crippen LogP contribution is 2.26. The van der Waals surface area contributed by atoms with Crippen molar-refractivity contribution in [2.75, 3.05) is 36.6 Å². The van der Waals surface area contributed by atoms with Crippen LogP contribution in [0.2, 0.25) is 0 Å². The van der Waals surface area contributed by atoms with Crippen LogP contribution in [0.4, 0.5) is 23.0 Å². The van der Waals surface area contributed by atoms with Crippen molar-refractivity contribution in [3.8, 4) is 0 Å². The molecule has 144 valence electrons. The van der Waals surface area contributed by atoms with Gasteiger partial charge in [0.2, 0.25) is 5.78 Å². The minimum atomic E-state index is -0.146. The SMILES string of the molecule is C=C(C(=O)C1=CC(C)CN1)c1ccc(Nc2cccc(N(C)C)c2)nc1N.[HH].[HH]. The number of allylic oxidation sites excluding steroid dienone is 1. The molecule has 0 saturated carbocycles. The second-order valence-electron chi connectivity index (χ2n) is 6.95. The lowest BCUT2D eigenvalue weighted by molar-refractivity contribution is -0.110. The number of aromatic nitrogens is 1. The highest BCUT2D eigenvalue weighted by atomic mass is 16.1. The van der Waals surface area contributed by atoms with Gasteiger partial charge in [-0.3, -0.25) is 4.79 Å². The minimum Gasteiger partial charge on any atom is -0.383 e. The molecular formula is C21H29N5O. The Morgan fingerprint density at radius 1 is 1.37 bits per heavy atom. The van der Waals surface area contributed by atoms with E-state index in [1.807, 2.05) is 49.3 Å². The topological polar surface area (TPSA) is 83.3 Å². The summed E-state index contributed by atoms with van der Waals surface area (Å²) < 4.78 is 0. The summed E-state index contributed by atoms with van der Waals surface area (Å²) in [4.78, 5) is 19.0. The summed E-state index contributed by atoms with van der Waals surface area (Å²) in [6, 6.07) is 11.6. The van der Waals surface area contributed by atoms with Crippen LogP contribution < -0.4 is 21.3 Å². The van der Waals surface area contributed by atoms with Crippen molar-refractivity contribution in [3.05, 3.63) is 60.3 Å². The number of nitrogens with zero attached hydrogens (tertiary/aromatic N) is 2. The van der Waals surface area contributed by atoms with Gasteiger partial charge in [0.1, 0.15) is 11.6 Å². The number of rotatable bonds is 6. The third-order valence-electron chi connectivity index (χ3n) is 4.47. The van der Waals surface area contributed by atoms with Crippen LogP contribution in [-0.2, 0) is 4.79 Å². The predicted octanol–water partition coefficient (Wildman–Crippen LogP) is 3.67. The molecule has 0 aliphatic carbocycles. The van der Waals surface area contributed by atoms with Crippen LogP contribution in [0.25, 0.3) is 5.57 Å². The van der Waals surface area contributed by atoms with Gasteiger partial charge < -0.3 is 21.3 Å². The number of pyridine rings is 1. The van der Waals surface area contributed by atoms with E-state index in [-0.39, 0.29) is 14.5 Å². The summed E-state index contributed by atoms with van der Waals surface area (Å²) in [5, 5.41) is 6.35. The molecule has 0 fully saturated rings. The summed E-state index contributed by atoms with van der Waals surface area (Å²) in [6.45, 7) is 6.74. The van der Waals surface area contributed by atoms with E-state index >= 15 is 0 Å². The third kappa shape index (κ3) is 4.11. The van der Waals surface area contributed by atoms with Crippen molar-refractivity contribution in [1.82, 2.24) is 10.3 Å². The average Bonchev–Trinajstić information content (AvgIpc) is 3.07. The van der Waals surface area contributed by atoms with Gasteiger partial charge in [-0.15, -0.1) is 0 Å². The standard InChI is InChI=1S/C21H25N5O.2H2/c1-13-10-18(23-12-13)20(27)14(2)17-8-9-19(25-21(17)22)24-15-6-5-7-16(11-15)26(3)4;;/h5-11,13,23H,2,12H2,1,3-4H3,(H3,22,24,25);2*1H. The lowest BCUT2D eigenvalue weighted by atomic mass is 10.0. The molecule has 0 amide bonds. The number of nitrogens with one attached hydrogen (secondary N) is 2. The Morgan fingerprint density at radius 3 is 2.78 bits per heavy atom. The van der Waals surface area contributed by atoms with Crippen LogP contribution in [0.15, 0.2) is 54.8 Å². The molecule has 1 aromatic heterocycles. The summed E-state index contributed by atoms with van der Waals surface area (Å²) in [7, 11) is 3.98. The molecule has 1 aliphatic heterocycles. The number of nitrogens with two attached hydrogens (primary N) is 1. The van der Waals surface area contributed by atoms with Crippen LogP contribution in [-0.4, -0.2) is 31.4 Å². The maximum absolute atomic E-state index is 12.6. The van der Waals surface area contributed by atoms with Gasteiger partial charge in [0, 0.05) is 46.0 Å². The third-order valence-corrected chi connectivity index (χ3v) is 4.47. The molecule has 6 nitrogen and oxygen atoms in total. The molecule has 4 N–H and O–H groups in total. The lowest BCUT2D eigenvalue weighted by Crippen LogP contribution is -2.18. The van der Waals surface area contributed by atoms with Gasteiger partial charge in [0.05, 0.1) is 5.70 Å². The smallest absolute Gasteiger partial charge is 0.208 e. The van der Waals surface area contributed by atoms with Crippen molar-refractivity contribution in [2.45, 2.75) is 6.92 Å². The molecule has 6 heteroatoms. The van der Waals surface area contributed by atoms with Crippen molar-refractivity contribution in [2.24, 2.45) is 5.92 Å². The number of hydrogen-bond donors (Lipinski definition) is 3. The normalized spacial score (nSPS) is 15.7. The monoisotopic (exact) mass is 367 g/mol. The maximum Gasteiger partial charge on any atom is 0.208 e. The zero-order valence-corrected chi connectivity index (χ0v) is 15.9. The fourth-order valence-corrected chi connectivity index (χ4v) is 2.92. The van der Waals surface area contributed by atoms with E-state index in [1.165, 1.54) is 0 Å². The van der Waals surface area contributed by atoms with E-state index in [0.717, 1.165) is 17.9 Å². The van der Waals surface area contributed by atoms with Crippen LogP contribution in [0.1, 0.15) is 15.3 Å². The van der Waals surface area contributed by atoms with E-state index in [0.29, 0.717) is 28.6 Å². The molecule has 1 atom stereocenters. The molecule has 1 unspecified atom stereocenters. The van der Waals surface area contributed by atoms with Crippen molar-refractivity contribution < 1.29 is 7.65 Å². The van der Waals surface area contributed by atoms with Gasteiger partial charge in [-0.2, -0.15) is 0 Å². The van der Waals surface area contributed by atoms with Crippen molar-refractivity contribution >= 4 is 34.4 Å². The highest BCUT2D eigenvalue weighted by molar-refractivity contribution is 6.28. The first-order valence-corrected chi connectivity index (χ1v) is 8.85. The highest BCUT2D eigenvalue weighted by Gasteiger charge is 2.22. The Morgan fingerprint density at radius 2 is 2.15 bits per heavy atom. The quantitative estimate of drug-likeness (QED) is 0.676. The molecule has 2 heterocycles. The molecule has 0 bridgehead atoms. The zero-order valence-electron chi connectivity index (χ0n) is 15.9. The number of benzene rings is 1. The average molecular weight is 367 g/mol. The number of carbonyl (C=O) groups is 1. The number of ketones is 1. The van der Waals surface area contributed by atoms with E-state index < -0.39 is 0 Å². The molecule has 3 rings (SSSR count). The van der Waals surface area contributed by atoms with E-state index in [2.05, 4.69) is 29.1 Å². The number of hydrogen-bond acceptors (Lipinski definition) is 6. The van der Waals surface area contributed by atoms with Crippen LogP contribution >= 0.6 is 0 Å². The molecule has 1 aliphatic rings. The Labute approximate surface area is 162 Å². The summed E-state index contributed by atoms with van der Waals surface area (Å²) in [5.41, 5.74) is 9.56. The first-order valence-electron chi connectivity index (χ1n) is 8.85. The Bertz CT molecular complexity index is 927. The van der Waals surface area contributed by atoms with Crippen LogP contribution in [0.3, 0.4) is 0 Å². The zero-order chi connectivity index (χ0) is 19.6. The second kappa shape index (κ2) is 7.53. The molecule has 0 saturated heterocycles. The predicted molar refractivity (Wildman–Crippen MR) is 116 cm³/mol. The van der Waals surface area contributed by atoms with Gasteiger partial charge in [0.25, 0.3) is 0 Å². The van der Waals surface area contributed by atoms with Gasteiger partial charge in [-0.1, -0.05) is 25.6 Å². The van der Waals surface area contributed by atoms with Crippen LogP contribution in [0.5, 0.6) is 0 Å². The lowest BCUT2D eigenvalue weighted by Gasteiger charge is -2.15. The number of nitrogen functional groups attached to an aromatic ring is 1. The van der Waals surface area contributed by atoms with Crippen molar-refractivity contribution in [1.29, 1.82) is 0 Å². The van der Waals surface area contributed by atoms with Gasteiger partial charge >= 0.3 is 0 Å². The Kier molecular flexibility index (Phi) is 5.16. The van der Waals surface area contributed by atoms with Gasteiger partial charge in [-0.05, 0) is 36.2 Å². The van der Waals surface area contributed by atoms with Gasteiger partial charge in [-0.25, -0.2) is 4.98 Å². The van der Waals surface area contributed by atoms with Crippen molar-refractivity contribution in [3.63, 3.8) is 0 Å². The largest absolute Gasteiger partial charge is 0.383 e. The summed E-state index contributed by atoms with van der Waals surface area (Å²) in [6.07, 6.45) is 1.92. The first kappa shape index (κ1) is 18.5. The van der Waals surface area contributed by atoms with E-state index in [9.17, 15) is 4.79 Å². The number of anilines is 4. The second-order valence-corrected chi connectivity index (χ2v) is 6.95. The molecule has 1 aromatic carbocycles. The van der Waals surface area contributed by atoms with E-state index in [4.69, 9.17) is 5.73 Å². The first-order chi connectivity index (χ1) is 12.8. The number of carbonyl (C=O) groups excluding carboxylic acids is 1. The molecule has 0 spiro atoms. The number of Topliss-reactive ketones (excluding diaryl/α,β-unsaturated/α-hetero) is 1.